The van der Waals surface area contributed by atoms with Crippen molar-refractivity contribution in [2.24, 2.45) is 0 Å². The fourth-order valence-corrected chi connectivity index (χ4v) is 3.09. The Morgan fingerprint density at radius 3 is 2.65 bits per heavy atom. The van der Waals surface area contributed by atoms with Crippen LogP contribution in [0, 0.1) is 11.3 Å². The van der Waals surface area contributed by atoms with Crippen molar-refractivity contribution in [1.29, 1.82) is 5.26 Å². The van der Waals surface area contributed by atoms with Crippen LogP contribution in [0.3, 0.4) is 0 Å². The van der Waals surface area contributed by atoms with Crippen LogP contribution in [-0.4, -0.2) is 18.0 Å². The monoisotopic (exact) mass is 343 g/mol. The first-order chi connectivity index (χ1) is 12.6. The average Bonchev–Trinajstić information content (AvgIpc) is 2.67. The van der Waals surface area contributed by atoms with Crippen LogP contribution in [0.15, 0.2) is 66.7 Å². The molecule has 0 aliphatic heterocycles. The van der Waals surface area contributed by atoms with Crippen molar-refractivity contribution in [2.45, 2.75) is 19.5 Å². The summed E-state index contributed by atoms with van der Waals surface area (Å²) >= 11 is 0. The predicted octanol–water partition coefficient (Wildman–Crippen LogP) is 4.61. The molecule has 0 bridgehead atoms. The topological polar surface area (TPSA) is 56.1 Å². The first-order valence-electron chi connectivity index (χ1n) is 8.57. The first-order valence-corrected chi connectivity index (χ1v) is 8.57. The molecule has 3 rings (SSSR count). The first kappa shape index (κ1) is 17.5. The summed E-state index contributed by atoms with van der Waals surface area (Å²) in [5, 5.41) is 14.4. The Morgan fingerprint density at radius 2 is 1.85 bits per heavy atom. The van der Waals surface area contributed by atoms with E-state index in [4.69, 9.17) is 5.26 Å². The number of nitrogens with one attached hydrogen (secondary N) is 1. The highest BCUT2D eigenvalue weighted by atomic mass is 16.2. The van der Waals surface area contributed by atoms with Gasteiger partial charge in [0.25, 0.3) is 0 Å². The molecule has 130 valence electrons. The van der Waals surface area contributed by atoms with E-state index in [1.165, 1.54) is 0 Å². The van der Waals surface area contributed by atoms with E-state index in [1.807, 2.05) is 43.3 Å². The van der Waals surface area contributed by atoms with Gasteiger partial charge in [0.1, 0.15) is 0 Å². The second kappa shape index (κ2) is 7.71. The summed E-state index contributed by atoms with van der Waals surface area (Å²) in [4.78, 5) is 14.2. The highest BCUT2D eigenvalue weighted by molar-refractivity contribution is 5.86. The molecule has 1 N–H and O–H groups in total. The second-order valence-electron chi connectivity index (χ2n) is 6.41. The molecule has 0 heterocycles. The van der Waals surface area contributed by atoms with Gasteiger partial charge in [0.15, 0.2) is 0 Å². The molecule has 0 aliphatic rings. The molecule has 0 saturated heterocycles. The van der Waals surface area contributed by atoms with Crippen molar-refractivity contribution in [3.63, 3.8) is 0 Å². The highest BCUT2D eigenvalue weighted by Gasteiger charge is 2.15. The van der Waals surface area contributed by atoms with Crippen LogP contribution >= 0.6 is 0 Å². The number of benzene rings is 3. The summed E-state index contributed by atoms with van der Waals surface area (Å²) in [5.74, 6) is 0. The molecule has 0 saturated carbocycles. The molecule has 3 aromatic carbocycles. The van der Waals surface area contributed by atoms with Gasteiger partial charge in [-0.15, -0.1) is 0 Å². The summed E-state index contributed by atoms with van der Waals surface area (Å²) in [5.41, 5.74) is 2.62. The number of carbonyl (C=O) groups excluding carboxylic acids is 1. The van der Waals surface area contributed by atoms with E-state index < -0.39 is 0 Å². The summed E-state index contributed by atoms with van der Waals surface area (Å²) < 4.78 is 0. The lowest BCUT2D eigenvalue weighted by Gasteiger charge is -2.22. The minimum Gasteiger partial charge on any atom is -0.331 e. The quantitative estimate of drug-likeness (QED) is 0.752. The van der Waals surface area contributed by atoms with Crippen LogP contribution in [0.1, 0.15) is 29.7 Å². The maximum atomic E-state index is 12.6. The standard InChI is InChI=1S/C22H21N3O/c1-16(20-12-6-10-19-9-3-4-11-21(19)20)24-22(26)25(2)15-18-8-5-7-17(13-18)14-23/h3-13,16H,15H2,1-2H3,(H,24,26). The summed E-state index contributed by atoms with van der Waals surface area (Å²) in [6.45, 7) is 2.44. The molecule has 4 heteroatoms. The maximum Gasteiger partial charge on any atom is 0.317 e. The molecule has 1 unspecified atom stereocenters. The number of urea groups is 1. The zero-order valence-electron chi connectivity index (χ0n) is 14.9. The number of nitriles is 1. The Hall–Kier alpha value is -3.32. The van der Waals surface area contributed by atoms with Crippen LogP contribution in [0.5, 0.6) is 0 Å². The molecule has 0 spiro atoms. The van der Waals surface area contributed by atoms with Crippen molar-refractivity contribution in [1.82, 2.24) is 10.2 Å². The van der Waals surface area contributed by atoms with Gasteiger partial charge in [-0.1, -0.05) is 54.6 Å². The lowest BCUT2D eigenvalue weighted by molar-refractivity contribution is 0.203. The molecule has 2 amide bonds. The van der Waals surface area contributed by atoms with E-state index in [0.717, 1.165) is 21.9 Å². The van der Waals surface area contributed by atoms with Crippen molar-refractivity contribution in [3.05, 3.63) is 83.4 Å². The van der Waals surface area contributed by atoms with E-state index >= 15 is 0 Å². The SMILES string of the molecule is CC(NC(=O)N(C)Cc1cccc(C#N)c1)c1cccc2ccccc12. The molecule has 1 atom stereocenters. The smallest absolute Gasteiger partial charge is 0.317 e. The Bertz CT molecular complexity index is 969. The number of nitrogens with zero attached hydrogens (tertiary/aromatic N) is 2. The summed E-state index contributed by atoms with van der Waals surface area (Å²) in [6, 6.07) is 23.5. The molecule has 0 fully saturated rings. The Labute approximate surface area is 153 Å². The van der Waals surface area contributed by atoms with E-state index in [9.17, 15) is 4.79 Å². The van der Waals surface area contributed by atoms with E-state index in [-0.39, 0.29) is 12.1 Å². The minimum absolute atomic E-state index is 0.110. The van der Waals surface area contributed by atoms with Crippen LogP contribution in [0.25, 0.3) is 10.8 Å². The Balaban J connectivity index is 1.71. The van der Waals surface area contributed by atoms with Crippen molar-refractivity contribution < 1.29 is 4.79 Å². The fourth-order valence-electron chi connectivity index (χ4n) is 3.09. The molecule has 4 nitrogen and oxygen atoms in total. The summed E-state index contributed by atoms with van der Waals surface area (Å²) in [6.07, 6.45) is 0. The van der Waals surface area contributed by atoms with Gasteiger partial charge in [-0.2, -0.15) is 5.26 Å². The van der Waals surface area contributed by atoms with Gasteiger partial charge in [0.05, 0.1) is 17.7 Å². The minimum atomic E-state index is -0.146. The Kier molecular flexibility index (Phi) is 5.19. The third-order valence-corrected chi connectivity index (χ3v) is 4.45. The van der Waals surface area contributed by atoms with Gasteiger partial charge in [0.2, 0.25) is 0 Å². The van der Waals surface area contributed by atoms with Gasteiger partial charge >= 0.3 is 6.03 Å². The normalized spacial score (nSPS) is 11.6. The fraction of sp³-hybridized carbons (Fsp3) is 0.182. The van der Waals surface area contributed by atoms with Gasteiger partial charge in [-0.3, -0.25) is 0 Å². The molecular formula is C22H21N3O. The molecular weight excluding hydrogens is 322 g/mol. The van der Waals surface area contributed by atoms with Crippen molar-refractivity contribution >= 4 is 16.8 Å². The van der Waals surface area contributed by atoms with Crippen molar-refractivity contribution in [2.75, 3.05) is 7.05 Å². The lowest BCUT2D eigenvalue weighted by Crippen LogP contribution is -2.38. The van der Waals surface area contributed by atoms with Crippen LogP contribution in [0.2, 0.25) is 0 Å². The van der Waals surface area contributed by atoms with Crippen LogP contribution in [0.4, 0.5) is 4.79 Å². The van der Waals surface area contributed by atoms with Gasteiger partial charge < -0.3 is 10.2 Å². The molecule has 0 aliphatic carbocycles. The van der Waals surface area contributed by atoms with Gasteiger partial charge in [-0.25, -0.2) is 4.79 Å². The zero-order chi connectivity index (χ0) is 18.5. The predicted molar refractivity (Wildman–Crippen MR) is 104 cm³/mol. The van der Waals surface area contributed by atoms with E-state index in [1.54, 1.807) is 24.1 Å². The Morgan fingerprint density at radius 1 is 1.12 bits per heavy atom. The molecule has 0 radical (unpaired) electrons. The number of hydrogen-bond acceptors (Lipinski definition) is 2. The van der Waals surface area contributed by atoms with Gasteiger partial charge in [0, 0.05) is 13.6 Å². The number of hydrogen-bond donors (Lipinski definition) is 1. The third-order valence-electron chi connectivity index (χ3n) is 4.45. The lowest BCUT2D eigenvalue weighted by atomic mass is 10.00. The van der Waals surface area contributed by atoms with Gasteiger partial charge in [-0.05, 0) is 41.0 Å². The highest BCUT2D eigenvalue weighted by Crippen LogP contribution is 2.24. The molecule has 0 aromatic heterocycles. The van der Waals surface area contributed by atoms with Crippen molar-refractivity contribution in [3.8, 4) is 6.07 Å². The third kappa shape index (κ3) is 3.84. The van der Waals surface area contributed by atoms with E-state index in [0.29, 0.717) is 12.1 Å². The maximum absolute atomic E-state index is 12.6. The largest absolute Gasteiger partial charge is 0.331 e. The number of amides is 2. The zero-order valence-corrected chi connectivity index (χ0v) is 14.9. The van der Waals surface area contributed by atoms with Crippen LogP contribution < -0.4 is 5.32 Å². The van der Waals surface area contributed by atoms with E-state index in [2.05, 4.69) is 29.6 Å². The number of carbonyl (C=O) groups is 1. The number of fused-ring (bicyclic) bond motifs is 1. The number of rotatable bonds is 4. The summed E-state index contributed by atoms with van der Waals surface area (Å²) in [7, 11) is 1.75. The second-order valence-corrected chi connectivity index (χ2v) is 6.41. The van der Waals surface area contributed by atoms with Crippen LogP contribution in [-0.2, 0) is 6.54 Å². The average molecular weight is 343 g/mol. The molecule has 26 heavy (non-hydrogen) atoms. The molecule has 3 aromatic rings.